The summed E-state index contributed by atoms with van der Waals surface area (Å²) in [5, 5.41) is 12.7. The fraction of sp³-hybridized carbons (Fsp3) is 0.478. The molecular formula is C23H29N7O2. The number of hydrogen-bond acceptors (Lipinski definition) is 7. The van der Waals surface area contributed by atoms with Crippen LogP contribution in [0.2, 0.25) is 0 Å². The van der Waals surface area contributed by atoms with Crippen LogP contribution in [0.15, 0.2) is 24.5 Å². The van der Waals surface area contributed by atoms with E-state index in [2.05, 4.69) is 31.6 Å². The number of aromatic nitrogens is 4. The summed E-state index contributed by atoms with van der Waals surface area (Å²) in [7, 11) is 3.83. The van der Waals surface area contributed by atoms with E-state index in [0.717, 1.165) is 80.0 Å². The molecule has 2 aliphatic rings. The zero-order chi connectivity index (χ0) is 22.1. The van der Waals surface area contributed by atoms with Gasteiger partial charge < -0.3 is 15.4 Å². The van der Waals surface area contributed by atoms with E-state index in [0.29, 0.717) is 5.82 Å². The van der Waals surface area contributed by atoms with Crippen LogP contribution < -0.4 is 10.6 Å². The molecule has 0 aromatic carbocycles. The van der Waals surface area contributed by atoms with E-state index in [1.165, 1.54) is 5.69 Å². The quantitative estimate of drug-likeness (QED) is 0.588. The molecule has 2 fully saturated rings. The number of carbonyl (C=O) groups is 1. The maximum absolute atomic E-state index is 12.2. The lowest BCUT2D eigenvalue weighted by Crippen LogP contribution is -2.37. The van der Waals surface area contributed by atoms with Crippen LogP contribution in [0.25, 0.3) is 22.0 Å². The average Bonchev–Trinajstić information content (AvgIpc) is 3.60. The Balaban J connectivity index is 1.45. The summed E-state index contributed by atoms with van der Waals surface area (Å²) < 4.78 is 7.39. The second-order valence-electron chi connectivity index (χ2n) is 8.50. The Kier molecular flexibility index (Phi) is 5.75. The molecule has 0 unspecified atom stereocenters. The predicted octanol–water partition coefficient (Wildman–Crippen LogP) is 2.30. The van der Waals surface area contributed by atoms with E-state index in [4.69, 9.17) is 9.84 Å². The van der Waals surface area contributed by atoms with Gasteiger partial charge in [-0.15, -0.1) is 0 Å². The van der Waals surface area contributed by atoms with E-state index < -0.39 is 0 Å². The molecule has 9 heteroatoms. The van der Waals surface area contributed by atoms with Gasteiger partial charge in [0, 0.05) is 80.5 Å². The maximum Gasteiger partial charge on any atom is 0.228 e. The van der Waals surface area contributed by atoms with Gasteiger partial charge in [-0.1, -0.05) is 0 Å². The third kappa shape index (κ3) is 4.31. The number of nitrogens with zero attached hydrogens (tertiary/aromatic N) is 5. The van der Waals surface area contributed by atoms with E-state index in [1.807, 2.05) is 31.0 Å². The van der Waals surface area contributed by atoms with Crippen LogP contribution in [-0.2, 0) is 23.0 Å². The third-order valence-corrected chi connectivity index (χ3v) is 6.25. The summed E-state index contributed by atoms with van der Waals surface area (Å²) in [5.74, 6) is 1.48. The number of nitrogens with one attached hydrogen (secondary N) is 2. The van der Waals surface area contributed by atoms with Crippen molar-refractivity contribution >= 4 is 28.3 Å². The minimum Gasteiger partial charge on any atom is -0.379 e. The molecule has 3 aromatic rings. The molecule has 32 heavy (non-hydrogen) atoms. The molecule has 1 amide bonds. The average molecular weight is 436 g/mol. The number of fused-ring (bicyclic) bond motifs is 1. The number of ether oxygens (including phenoxy) is 1. The third-order valence-electron chi connectivity index (χ3n) is 6.25. The molecule has 5 rings (SSSR count). The Morgan fingerprint density at radius 3 is 2.72 bits per heavy atom. The smallest absolute Gasteiger partial charge is 0.228 e. The van der Waals surface area contributed by atoms with Gasteiger partial charge in [-0.25, -0.2) is 9.97 Å². The highest BCUT2D eigenvalue weighted by atomic mass is 16.5. The van der Waals surface area contributed by atoms with Gasteiger partial charge in [-0.2, -0.15) is 5.10 Å². The van der Waals surface area contributed by atoms with Crippen molar-refractivity contribution in [2.75, 3.05) is 50.5 Å². The summed E-state index contributed by atoms with van der Waals surface area (Å²) in [5.41, 5.74) is 2.97. The van der Waals surface area contributed by atoms with Crippen molar-refractivity contribution in [3.05, 3.63) is 30.2 Å². The molecule has 1 aliphatic heterocycles. The first-order valence-corrected chi connectivity index (χ1v) is 11.2. The molecule has 3 aromatic heterocycles. The number of anilines is 2. The fourth-order valence-electron chi connectivity index (χ4n) is 4.15. The van der Waals surface area contributed by atoms with E-state index in [-0.39, 0.29) is 11.8 Å². The molecule has 1 saturated heterocycles. The lowest BCUT2D eigenvalue weighted by atomic mass is 10.1. The first-order chi connectivity index (χ1) is 15.6. The summed E-state index contributed by atoms with van der Waals surface area (Å²) in [4.78, 5) is 23.7. The van der Waals surface area contributed by atoms with Crippen molar-refractivity contribution < 1.29 is 9.53 Å². The van der Waals surface area contributed by atoms with Crippen LogP contribution in [-0.4, -0.2) is 70.5 Å². The van der Waals surface area contributed by atoms with Gasteiger partial charge in [-0.3, -0.25) is 14.4 Å². The zero-order valence-electron chi connectivity index (χ0n) is 18.6. The summed E-state index contributed by atoms with van der Waals surface area (Å²) >= 11 is 0. The Hall–Kier alpha value is -3.04. The number of carbonyl (C=O) groups excluding carboxylic acids is 1. The Morgan fingerprint density at radius 2 is 1.97 bits per heavy atom. The van der Waals surface area contributed by atoms with Gasteiger partial charge in [-0.05, 0) is 25.0 Å². The van der Waals surface area contributed by atoms with Crippen molar-refractivity contribution in [1.82, 2.24) is 24.6 Å². The number of rotatable bonds is 7. The molecule has 0 atom stereocenters. The van der Waals surface area contributed by atoms with E-state index in [9.17, 15) is 4.79 Å². The highest BCUT2D eigenvalue weighted by Gasteiger charge is 2.30. The second kappa shape index (κ2) is 8.84. The number of pyridine rings is 2. The van der Waals surface area contributed by atoms with Crippen LogP contribution in [0.3, 0.4) is 0 Å². The van der Waals surface area contributed by atoms with Crippen LogP contribution in [0.4, 0.5) is 11.6 Å². The summed E-state index contributed by atoms with van der Waals surface area (Å²) in [6.45, 7) is 4.56. The number of aryl methyl sites for hydroxylation is 1. The maximum atomic E-state index is 12.2. The van der Waals surface area contributed by atoms with Crippen molar-refractivity contribution in [2.45, 2.75) is 19.3 Å². The molecule has 4 heterocycles. The van der Waals surface area contributed by atoms with Gasteiger partial charge in [0.25, 0.3) is 0 Å². The van der Waals surface area contributed by atoms with Gasteiger partial charge in [0.2, 0.25) is 5.91 Å². The minimum atomic E-state index is 0.0459. The molecular weight excluding hydrogens is 406 g/mol. The first kappa shape index (κ1) is 20.8. The van der Waals surface area contributed by atoms with Crippen LogP contribution >= 0.6 is 0 Å². The fourth-order valence-corrected chi connectivity index (χ4v) is 4.15. The van der Waals surface area contributed by atoms with Crippen LogP contribution in [0.5, 0.6) is 0 Å². The molecule has 9 nitrogen and oxygen atoms in total. The summed E-state index contributed by atoms with van der Waals surface area (Å²) in [6.07, 6.45) is 6.45. The number of hydrogen-bond donors (Lipinski definition) is 2. The Labute approximate surface area is 187 Å². The van der Waals surface area contributed by atoms with Crippen molar-refractivity contribution in [2.24, 2.45) is 13.0 Å². The number of morpholine rings is 1. The van der Waals surface area contributed by atoms with Gasteiger partial charge in [0.1, 0.15) is 11.6 Å². The zero-order valence-corrected chi connectivity index (χ0v) is 18.6. The standard InChI is InChI=1S/C23H29N7O2/c1-24-22-19-14-25-21(27-23(31)15-3-4-15)12-17(19)18(13-26-22)20-11-16(29(2)28-20)5-6-30-7-9-32-10-8-30/h11-15H,3-10H2,1-2H3,(H,24,26)(H,25,27,31). The molecule has 0 radical (unpaired) electrons. The van der Waals surface area contributed by atoms with Crippen molar-refractivity contribution in [3.63, 3.8) is 0 Å². The minimum absolute atomic E-state index is 0.0459. The molecule has 0 spiro atoms. The highest BCUT2D eigenvalue weighted by molar-refractivity contribution is 6.03. The Morgan fingerprint density at radius 1 is 1.16 bits per heavy atom. The molecule has 0 bridgehead atoms. The molecule has 1 saturated carbocycles. The SMILES string of the molecule is CNc1ncc(-c2cc(CCN3CCOCC3)n(C)n2)c2cc(NC(=O)C3CC3)ncc12. The molecule has 1 aliphatic carbocycles. The van der Waals surface area contributed by atoms with Crippen molar-refractivity contribution in [1.29, 1.82) is 0 Å². The van der Waals surface area contributed by atoms with Crippen LogP contribution in [0, 0.1) is 5.92 Å². The number of amides is 1. The van der Waals surface area contributed by atoms with E-state index >= 15 is 0 Å². The topological polar surface area (TPSA) is 97.2 Å². The lowest BCUT2D eigenvalue weighted by molar-refractivity contribution is -0.117. The van der Waals surface area contributed by atoms with Gasteiger partial charge in [0.15, 0.2) is 0 Å². The summed E-state index contributed by atoms with van der Waals surface area (Å²) in [6, 6.07) is 4.06. The highest BCUT2D eigenvalue weighted by Crippen LogP contribution is 2.34. The van der Waals surface area contributed by atoms with E-state index in [1.54, 1.807) is 6.20 Å². The first-order valence-electron chi connectivity index (χ1n) is 11.2. The van der Waals surface area contributed by atoms with Gasteiger partial charge in [0.05, 0.1) is 18.9 Å². The lowest BCUT2D eigenvalue weighted by Gasteiger charge is -2.26. The Bertz CT molecular complexity index is 1130. The molecule has 168 valence electrons. The second-order valence-corrected chi connectivity index (χ2v) is 8.50. The largest absolute Gasteiger partial charge is 0.379 e. The van der Waals surface area contributed by atoms with Gasteiger partial charge >= 0.3 is 0 Å². The predicted molar refractivity (Wildman–Crippen MR) is 124 cm³/mol. The monoisotopic (exact) mass is 435 g/mol. The molecule has 2 N–H and O–H groups in total. The van der Waals surface area contributed by atoms with Crippen LogP contribution in [0.1, 0.15) is 18.5 Å². The van der Waals surface area contributed by atoms with Crippen molar-refractivity contribution in [3.8, 4) is 11.3 Å². The normalized spacial score (nSPS) is 16.9.